The molecule has 260 valence electrons. The average Bonchev–Trinajstić information content (AvgIpc) is 3.49. The van der Waals surface area contributed by atoms with Gasteiger partial charge in [0.2, 0.25) is 0 Å². The Hall–Kier alpha value is -6.71. The summed E-state index contributed by atoms with van der Waals surface area (Å²) in [5.41, 5.74) is 8.39. The first kappa shape index (κ1) is 31.8. The van der Waals surface area contributed by atoms with Gasteiger partial charge in [-0.2, -0.15) is 0 Å². The highest BCUT2D eigenvalue weighted by Crippen LogP contribution is 2.55. The third-order valence-electron chi connectivity index (χ3n) is 12.2. The van der Waals surface area contributed by atoms with Crippen LogP contribution in [0.15, 0.2) is 176 Å². The van der Waals surface area contributed by atoms with Gasteiger partial charge in [-0.3, -0.25) is 0 Å². The number of benzene rings is 8. The number of nitrogens with zero attached hydrogens (tertiary/aromatic N) is 3. The molecule has 1 aromatic heterocycles. The van der Waals surface area contributed by atoms with Crippen molar-refractivity contribution in [3.05, 3.63) is 187 Å². The van der Waals surface area contributed by atoms with Crippen molar-refractivity contribution >= 4 is 43.1 Å². The Balaban J connectivity index is 1.12. The monoisotopic (exact) mass is 703 g/mol. The Morgan fingerprint density at radius 3 is 1.51 bits per heavy atom. The van der Waals surface area contributed by atoms with E-state index in [2.05, 4.69) is 190 Å². The van der Waals surface area contributed by atoms with Crippen LogP contribution in [-0.2, 0) is 5.41 Å². The van der Waals surface area contributed by atoms with Crippen molar-refractivity contribution in [3.8, 4) is 45.3 Å². The topological polar surface area (TPSA) is 38.7 Å². The van der Waals surface area contributed by atoms with Crippen LogP contribution in [0.25, 0.3) is 88.4 Å². The van der Waals surface area contributed by atoms with Crippen molar-refractivity contribution in [1.29, 1.82) is 0 Å². The van der Waals surface area contributed by atoms with Crippen LogP contribution in [0.2, 0.25) is 0 Å². The molecule has 0 aliphatic heterocycles. The Labute approximate surface area is 320 Å². The first-order chi connectivity index (χ1) is 27.0. The molecule has 0 radical (unpaired) electrons. The summed E-state index contributed by atoms with van der Waals surface area (Å²) in [6.07, 6.45) is 9.20. The number of aromatic nitrogens is 3. The van der Waals surface area contributed by atoms with Crippen LogP contribution in [0, 0.1) is 5.92 Å². The molecule has 2 atom stereocenters. The van der Waals surface area contributed by atoms with E-state index in [1.807, 2.05) is 0 Å². The van der Waals surface area contributed by atoms with Gasteiger partial charge in [0.05, 0.1) is 0 Å². The lowest BCUT2D eigenvalue weighted by atomic mass is 9.74. The Morgan fingerprint density at radius 2 is 0.909 bits per heavy atom. The Morgan fingerprint density at radius 1 is 0.418 bits per heavy atom. The largest absolute Gasteiger partial charge is 0.208 e. The molecule has 2 aliphatic carbocycles. The molecule has 0 bridgehead atoms. The zero-order chi connectivity index (χ0) is 36.7. The Bertz CT molecular complexity index is 2940. The second-order valence-corrected chi connectivity index (χ2v) is 15.6. The molecule has 3 nitrogen and oxygen atoms in total. The van der Waals surface area contributed by atoms with E-state index < -0.39 is 0 Å². The zero-order valence-electron chi connectivity index (χ0n) is 30.7. The van der Waals surface area contributed by atoms with Crippen molar-refractivity contribution in [2.24, 2.45) is 5.92 Å². The molecule has 55 heavy (non-hydrogen) atoms. The molecule has 3 heteroatoms. The third-order valence-corrected chi connectivity index (χ3v) is 12.2. The lowest BCUT2D eigenvalue weighted by molar-refractivity contribution is 0.394. The van der Waals surface area contributed by atoms with Gasteiger partial charge in [0.1, 0.15) is 0 Å². The number of hydrogen-bond donors (Lipinski definition) is 0. The van der Waals surface area contributed by atoms with E-state index in [0.717, 1.165) is 38.2 Å². The quantitative estimate of drug-likeness (QED) is 0.171. The minimum atomic E-state index is 0.0642. The zero-order valence-corrected chi connectivity index (χ0v) is 30.7. The molecule has 8 aromatic carbocycles. The second-order valence-electron chi connectivity index (χ2n) is 15.6. The van der Waals surface area contributed by atoms with Crippen LogP contribution in [-0.4, -0.2) is 15.0 Å². The minimum Gasteiger partial charge on any atom is -0.208 e. The summed E-state index contributed by atoms with van der Waals surface area (Å²) in [5.74, 6) is 2.80. The fourth-order valence-corrected chi connectivity index (χ4v) is 9.51. The molecule has 0 amide bonds. The van der Waals surface area contributed by atoms with E-state index in [0.29, 0.717) is 29.3 Å². The first-order valence-electron chi connectivity index (χ1n) is 19.2. The van der Waals surface area contributed by atoms with Gasteiger partial charge >= 0.3 is 0 Å². The van der Waals surface area contributed by atoms with Gasteiger partial charge in [0, 0.05) is 22.6 Å². The minimum absolute atomic E-state index is 0.0642. The van der Waals surface area contributed by atoms with E-state index >= 15 is 0 Å². The van der Waals surface area contributed by atoms with Gasteiger partial charge in [-0.15, -0.1) is 0 Å². The molecule has 0 saturated heterocycles. The summed E-state index contributed by atoms with van der Waals surface area (Å²) in [7, 11) is 0. The van der Waals surface area contributed by atoms with Crippen LogP contribution >= 0.6 is 0 Å². The van der Waals surface area contributed by atoms with Crippen LogP contribution in [0.1, 0.15) is 30.9 Å². The second kappa shape index (κ2) is 12.2. The number of allylic oxidation sites excluding steroid dienone is 4. The molecule has 2 aliphatic rings. The van der Waals surface area contributed by atoms with Crippen molar-refractivity contribution < 1.29 is 0 Å². The molecule has 0 saturated carbocycles. The van der Waals surface area contributed by atoms with Crippen molar-refractivity contribution in [3.63, 3.8) is 0 Å². The highest BCUT2D eigenvalue weighted by atomic mass is 15.0. The van der Waals surface area contributed by atoms with Gasteiger partial charge < -0.3 is 0 Å². The summed E-state index contributed by atoms with van der Waals surface area (Å²) in [4.78, 5) is 15.9. The van der Waals surface area contributed by atoms with Gasteiger partial charge in [0.15, 0.2) is 17.5 Å². The van der Waals surface area contributed by atoms with E-state index in [1.165, 1.54) is 43.8 Å². The molecule has 0 spiro atoms. The van der Waals surface area contributed by atoms with E-state index in [4.69, 9.17) is 15.0 Å². The smallest absolute Gasteiger partial charge is 0.164 e. The number of hydrogen-bond acceptors (Lipinski definition) is 3. The summed E-state index contributed by atoms with van der Waals surface area (Å²) >= 11 is 0. The van der Waals surface area contributed by atoms with Crippen LogP contribution in [0.4, 0.5) is 0 Å². The first-order valence-corrected chi connectivity index (χ1v) is 19.2. The van der Waals surface area contributed by atoms with E-state index in [1.54, 1.807) is 0 Å². The van der Waals surface area contributed by atoms with E-state index in [9.17, 15) is 0 Å². The fourth-order valence-electron chi connectivity index (χ4n) is 9.51. The third kappa shape index (κ3) is 4.93. The molecule has 1 heterocycles. The standard InChI is InChI=1S/C52H37N3/c1-52(2)46-24-12-11-22-43(46)48-38(23-13-25-47(48)52)32-26-28-33(29-27-32)49-53-50(44-30-34-14-3-5-16-36(34)39-18-7-9-20-41(39)44)55-51(54-49)45-31-35-15-4-6-17-37(35)40-19-8-10-21-42(40)45/h3-31,43,46H,1-2H3. The number of fused-ring (bicyclic) bond motifs is 9. The molecule has 0 N–H and O–H groups in total. The summed E-state index contributed by atoms with van der Waals surface area (Å²) in [5, 5.41) is 9.35. The Kier molecular flexibility index (Phi) is 7.03. The van der Waals surface area contributed by atoms with Gasteiger partial charge in [-0.05, 0) is 88.8 Å². The molecular formula is C52H37N3. The molecule has 2 unspecified atom stereocenters. The molecule has 9 aromatic rings. The highest BCUT2D eigenvalue weighted by Gasteiger charge is 2.45. The van der Waals surface area contributed by atoms with Crippen LogP contribution in [0.5, 0.6) is 0 Å². The lowest BCUT2D eigenvalue weighted by Gasteiger charge is -2.29. The highest BCUT2D eigenvalue weighted by molar-refractivity contribution is 6.14. The molecule has 0 fully saturated rings. The predicted molar refractivity (Wildman–Crippen MR) is 229 cm³/mol. The van der Waals surface area contributed by atoms with Gasteiger partial charge in [0.25, 0.3) is 0 Å². The van der Waals surface area contributed by atoms with Gasteiger partial charge in [-0.1, -0.05) is 178 Å². The summed E-state index contributed by atoms with van der Waals surface area (Å²) in [6.45, 7) is 4.78. The molecule has 11 rings (SSSR count). The average molecular weight is 704 g/mol. The van der Waals surface area contributed by atoms with Crippen molar-refractivity contribution in [1.82, 2.24) is 15.0 Å². The van der Waals surface area contributed by atoms with E-state index in [-0.39, 0.29) is 5.41 Å². The summed E-state index contributed by atoms with van der Waals surface area (Å²) < 4.78 is 0. The fraction of sp³-hybridized carbons (Fsp3) is 0.0962. The number of rotatable bonds is 4. The molecular weight excluding hydrogens is 667 g/mol. The van der Waals surface area contributed by atoms with Crippen molar-refractivity contribution in [2.45, 2.75) is 25.2 Å². The SMILES string of the molecule is CC1(C)c2cccc(-c3ccc(-c4nc(-c5cc6ccccc6c6ccccc56)nc(-c5cc6ccccc6c6ccccc56)n4)cc3)c2C2C=CC=CC21. The maximum Gasteiger partial charge on any atom is 0.164 e. The van der Waals surface area contributed by atoms with Crippen molar-refractivity contribution in [2.75, 3.05) is 0 Å². The summed E-state index contributed by atoms with van der Waals surface area (Å²) in [6, 6.07) is 54.5. The van der Waals surface area contributed by atoms with Crippen LogP contribution in [0.3, 0.4) is 0 Å². The normalized spacial score (nSPS) is 16.9. The predicted octanol–water partition coefficient (Wildman–Crippen LogP) is 13.3. The van der Waals surface area contributed by atoms with Crippen LogP contribution < -0.4 is 0 Å². The maximum atomic E-state index is 5.34. The maximum absolute atomic E-state index is 5.34. The lowest BCUT2D eigenvalue weighted by Crippen LogP contribution is -2.24. The van der Waals surface area contributed by atoms with Gasteiger partial charge in [-0.25, -0.2) is 15.0 Å².